The summed E-state index contributed by atoms with van der Waals surface area (Å²) in [6.45, 7) is 4.69. The van der Waals surface area contributed by atoms with Gasteiger partial charge >= 0.3 is 0 Å². The van der Waals surface area contributed by atoms with E-state index in [1.54, 1.807) is 12.1 Å². The Labute approximate surface area is 185 Å². The maximum absolute atomic E-state index is 13.3. The number of para-hydroxylation sites is 1. The zero-order chi connectivity index (χ0) is 22.9. The Kier molecular flexibility index (Phi) is 5.82. The average Bonchev–Trinajstić information content (AvgIpc) is 2.81. The second-order valence-electron chi connectivity index (χ2n) is 7.47. The lowest BCUT2D eigenvalue weighted by molar-refractivity contribution is 0.390. The van der Waals surface area contributed by atoms with Gasteiger partial charge in [0.05, 0.1) is 17.7 Å². The molecular weight excluding hydrogens is 431 g/mol. The van der Waals surface area contributed by atoms with E-state index in [9.17, 15) is 22.9 Å². The smallest absolute Gasteiger partial charge is 0.271 e. The van der Waals surface area contributed by atoms with Gasteiger partial charge < -0.3 is 9.47 Å². The van der Waals surface area contributed by atoms with Crippen LogP contribution < -0.4 is 10.5 Å². The summed E-state index contributed by atoms with van der Waals surface area (Å²) >= 11 is 0. The first-order chi connectivity index (χ1) is 15.4. The SMILES string of the molecule is C=CS(=O)(=O)N1CCN(c2c(C#N)c(=O)n(Cc3ccc(F)cc3)c3ccccc23)CC1. The number of hydrogen-bond donors (Lipinski definition) is 0. The van der Waals surface area contributed by atoms with Crippen molar-refractivity contribution in [3.8, 4) is 6.07 Å². The van der Waals surface area contributed by atoms with Crippen LogP contribution in [0.3, 0.4) is 0 Å². The molecule has 0 atom stereocenters. The van der Waals surface area contributed by atoms with E-state index in [0.717, 1.165) is 16.4 Å². The number of aromatic nitrogens is 1. The van der Waals surface area contributed by atoms with Crippen molar-refractivity contribution in [2.45, 2.75) is 6.54 Å². The molecule has 1 saturated heterocycles. The number of benzene rings is 2. The first-order valence-corrected chi connectivity index (χ1v) is 11.5. The zero-order valence-electron chi connectivity index (χ0n) is 17.2. The van der Waals surface area contributed by atoms with Gasteiger partial charge in [-0.2, -0.15) is 9.57 Å². The van der Waals surface area contributed by atoms with Gasteiger partial charge in [0.1, 0.15) is 17.4 Å². The van der Waals surface area contributed by atoms with Crippen LogP contribution in [0, 0.1) is 17.1 Å². The van der Waals surface area contributed by atoms with Gasteiger partial charge in [-0.05, 0) is 23.8 Å². The summed E-state index contributed by atoms with van der Waals surface area (Å²) in [7, 11) is -3.52. The molecule has 0 radical (unpaired) electrons. The highest BCUT2D eigenvalue weighted by Gasteiger charge is 2.28. The lowest BCUT2D eigenvalue weighted by atomic mass is 10.1. The number of rotatable bonds is 5. The monoisotopic (exact) mass is 452 g/mol. The molecule has 9 heteroatoms. The number of sulfonamides is 1. The number of nitriles is 1. The van der Waals surface area contributed by atoms with E-state index in [1.165, 1.54) is 21.0 Å². The van der Waals surface area contributed by atoms with Crippen molar-refractivity contribution in [2.24, 2.45) is 0 Å². The van der Waals surface area contributed by atoms with E-state index in [1.807, 2.05) is 29.2 Å². The number of pyridine rings is 1. The Hall–Kier alpha value is -3.48. The first-order valence-electron chi connectivity index (χ1n) is 10.0. The minimum absolute atomic E-state index is 0.00541. The van der Waals surface area contributed by atoms with Crippen LogP contribution >= 0.6 is 0 Å². The summed E-state index contributed by atoms with van der Waals surface area (Å²) in [5.74, 6) is -0.364. The van der Waals surface area contributed by atoms with Crippen LogP contribution in [0.4, 0.5) is 10.1 Å². The van der Waals surface area contributed by atoms with E-state index in [2.05, 4.69) is 12.6 Å². The minimum atomic E-state index is -3.52. The molecule has 0 N–H and O–H groups in total. The number of fused-ring (bicyclic) bond motifs is 1. The van der Waals surface area contributed by atoms with E-state index < -0.39 is 15.6 Å². The van der Waals surface area contributed by atoms with Gasteiger partial charge in [-0.1, -0.05) is 36.9 Å². The minimum Gasteiger partial charge on any atom is -0.367 e. The number of hydrogen-bond acceptors (Lipinski definition) is 5. The third kappa shape index (κ3) is 3.90. The second kappa shape index (κ2) is 8.57. The molecule has 0 saturated carbocycles. The quantitative estimate of drug-likeness (QED) is 0.594. The van der Waals surface area contributed by atoms with Crippen molar-refractivity contribution >= 4 is 26.6 Å². The third-order valence-corrected chi connectivity index (χ3v) is 7.14. The molecule has 0 bridgehead atoms. The van der Waals surface area contributed by atoms with Gasteiger partial charge in [0.2, 0.25) is 10.0 Å². The number of halogens is 1. The zero-order valence-corrected chi connectivity index (χ0v) is 18.1. The molecule has 32 heavy (non-hydrogen) atoms. The topological polar surface area (TPSA) is 86.4 Å². The van der Waals surface area contributed by atoms with Crippen LogP contribution in [0.5, 0.6) is 0 Å². The maximum atomic E-state index is 13.3. The summed E-state index contributed by atoms with van der Waals surface area (Å²) in [6, 6.07) is 15.2. The van der Waals surface area contributed by atoms with Crippen molar-refractivity contribution in [2.75, 3.05) is 31.1 Å². The lowest BCUT2D eigenvalue weighted by Gasteiger charge is -2.35. The van der Waals surface area contributed by atoms with Crippen LogP contribution in [0.15, 0.2) is 65.3 Å². The molecule has 2 aromatic carbocycles. The van der Waals surface area contributed by atoms with E-state index >= 15 is 0 Å². The molecule has 1 aliphatic rings. The predicted molar refractivity (Wildman–Crippen MR) is 121 cm³/mol. The summed E-state index contributed by atoms with van der Waals surface area (Å²) in [6.07, 6.45) is 0. The van der Waals surface area contributed by atoms with E-state index in [4.69, 9.17) is 0 Å². The van der Waals surface area contributed by atoms with Crippen LogP contribution in [-0.4, -0.2) is 43.5 Å². The van der Waals surface area contributed by atoms with Crippen LogP contribution in [0.2, 0.25) is 0 Å². The van der Waals surface area contributed by atoms with E-state index in [0.29, 0.717) is 24.3 Å². The third-order valence-electron chi connectivity index (χ3n) is 5.64. The number of piperazine rings is 1. The largest absolute Gasteiger partial charge is 0.367 e. The van der Waals surface area contributed by atoms with Gasteiger partial charge in [0, 0.05) is 37.0 Å². The Bertz CT molecular complexity index is 1380. The van der Waals surface area contributed by atoms with E-state index in [-0.39, 0.29) is 31.0 Å². The Morgan fingerprint density at radius 3 is 2.34 bits per heavy atom. The maximum Gasteiger partial charge on any atom is 0.271 e. The summed E-state index contributed by atoms with van der Waals surface area (Å²) in [5, 5.41) is 11.5. The average molecular weight is 453 g/mol. The van der Waals surface area contributed by atoms with Crippen molar-refractivity contribution < 1.29 is 12.8 Å². The fourth-order valence-corrected chi connectivity index (χ4v) is 4.90. The lowest BCUT2D eigenvalue weighted by Crippen LogP contribution is -2.48. The highest BCUT2D eigenvalue weighted by Crippen LogP contribution is 2.30. The van der Waals surface area contributed by atoms with Crippen molar-refractivity contribution in [1.29, 1.82) is 5.26 Å². The molecule has 1 fully saturated rings. The highest BCUT2D eigenvalue weighted by atomic mass is 32.2. The summed E-state index contributed by atoms with van der Waals surface area (Å²) < 4.78 is 40.3. The van der Waals surface area contributed by atoms with Gasteiger partial charge in [-0.15, -0.1) is 0 Å². The van der Waals surface area contributed by atoms with Gasteiger partial charge in [0.15, 0.2) is 0 Å². The standard InChI is InChI=1S/C23H21FN4O3S/c1-2-32(30,31)27-13-11-26(12-14-27)22-19-5-3-4-6-21(19)28(23(29)20(22)15-25)16-17-7-9-18(24)10-8-17/h2-10H,1,11-14,16H2. The van der Waals surface area contributed by atoms with Crippen LogP contribution in [-0.2, 0) is 16.6 Å². The number of anilines is 1. The molecule has 0 amide bonds. The first kappa shape index (κ1) is 21.7. The van der Waals surface area contributed by atoms with Crippen molar-refractivity contribution in [3.63, 3.8) is 0 Å². The Morgan fingerprint density at radius 2 is 1.72 bits per heavy atom. The summed E-state index contributed by atoms with van der Waals surface area (Å²) in [4.78, 5) is 15.2. The molecule has 2 heterocycles. The molecule has 1 aromatic heterocycles. The predicted octanol–water partition coefficient (Wildman–Crippen LogP) is 2.66. The summed E-state index contributed by atoms with van der Waals surface area (Å²) in [5.41, 5.74) is 1.46. The fourth-order valence-electron chi connectivity index (χ4n) is 4.02. The van der Waals surface area contributed by atoms with Crippen LogP contribution in [0.25, 0.3) is 10.9 Å². The molecule has 3 aromatic rings. The molecule has 164 valence electrons. The fraction of sp³-hybridized carbons (Fsp3) is 0.217. The molecule has 7 nitrogen and oxygen atoms in total. The molecular formula is C23H21FN4O3S. The van der Waals surface area contributed by atoms with Gasteiger partial charge in [-0.3, -0.25) is 4.79 Å². The molecule has 0 spiro atoms. The number of nitrogens with zero attached hydrogens (tertiary/aromatic N) is 4. The molecule has 4 rings (SSSR count). The highest BCUT2D eigenvalue weighted by molar-refractivity contribution is 7.92. The van der Waals surface area contributed by atoms with Gasteiger partial charge in [0.25, 0.3) is 5.56 Å². The van der Waals surface area contributed by atoms with Gasteiger partial charge in [-0.25, -0.2) is 12.8 Å². The Balaban J connectivity index is 1.80. The normalized spacial score (nSPS) is 14.9. The van der Waals surface area contributed by atoms with Crippen molar-refractivity contribution in [3.05, 3.63) is 87.8 Å². The van der Waals surface area contributed by atoms with Crippen molar-refractivity contribution in [1.82, 2.24) is 8.87 Å². The molecule has 0 aliphatic carbocycles. The van der Waals surface area contributed by atoms with Crippen LogP contribution in [0.1, 0.15) is 11.1 Å². The Morgan fingerprint density at radius 1 is 1.06 bits per heavy atom. The molecule has 1 aliphatic heterocycles. The molecule has 0 unspecified atom stereocenters. The second-order valence-corrected chi connectivity index (χ2v) is 9.35.